The monoisotopic (exact) mass is 340 g/mol. The third kappa shape index (κ3) is 2.88. The third-order valence-corrected chi connectivity index (χ3v) is 4.86. The summed E-state index contributed by atoms with van der Waals surface area (Å²) in [5.74, 6) is 1.39. The molecule has 2 N–H and O–H groups in total. The van der Waals surface area contributed by atoms with Crippen LogP contribution in [0.15, 0.2) is 10.6 Å². The van der Waals surface area contributed by atoms with Gasteiger partial charge in [-0.15, -0.1) is 10.2 Å². The number of aromatic nitrogens is 5. The van der Waals surface area contributed by atoms with E-state index in [1.165, 1.54) is 25.7 Å². The zero-order valence-corrected chi connectivity index (χ0v) is 15.0. The first-order valence-electron chi connectivity index (χ1n) is 9.13. The third-order valence-electron chi connectivity index (χ3n) is 4.86. The van der Waals surface area contributed by atoms with Crippen molar-refractivity contribution in [3.8, 4) is 11.5 Å². The number of nitrogens with zero attached hydrogens (tertiary/aromatic N) is 4. The van der Waals surface area contributed by atoms with E-state index in [9.17, 15) is 0 Å². The number of H-pyrrole nitrogens is 1. The number of aromatic amines is 1. The van der Waals surface area contributed by atoms with E-state index in [2.05, 4.69) is 32.6 Å². The van der Waals surface area contributed by atoms with E-state index in [1.807, 2.05) is 20.0 Å². The van der Waals surface area contributed by atoms with Gasteiger partial charge < -0.3 is 9.73 Å². The standard InChI is InChI=1S/C18H24N6O/c1-4-13-14(18-24-23-17(25-18)10(2)3)15(20-11-7-5-6-8-11)12-9-19-22-16(12)21-13/h9-11H,4-8H2,1-3H3,(H2,19,20,21,22). The normalized spacial score (nSPS) is 15.5. The van der Waals surface area contributed by atoms with Gasteiger partial charge >= 0.3 is 0 Å². The average Bonchev–Trinajstić information content (AvgIpc) is 3.35. The van der Waals surface area contributed by atoms with Crippen molar-refractivity contribution < 1.29 is 4.42 Å². The smallest absolute Gasteiger partial charge is 0.251 e. The molecule has 3 aromatic heterocycles. The second-order valence-corrected chi connectivity index (χ2v) is 7.02. The first-order valence-corrected chi connectivity index (χ1v) is 9.13. The zero-order valence-electron chi connectivity index (χ0n) is 15.0. The largest absolute Gasteiger partial charge is 0.420 e. The Balaban J connectivity index is 1.89. The van der Waals surface area contributed by atoms with E-state index in [-0.39, 0.29) is 5.92 Å². The molecule has 132 valence electrons. The van der Waals surface area contributed by atoms with E-state index in [4.69, 9.17) is 9.40 Å². The van der Waals surface area contributed by atoms with Gasteiger partial charge in [-0.1, -0.05) is 33.6 Å². The minimum Gasteiger partial charge on any atom is -0.420 e. The van der Waals surface area contributed by atoms with Crippen LogP contribution in [0, 0.1) is 0 Å². The molecular formula is C18H24N6O. The van der Waals surface area contributed by atoms with Gasteiger partial charge in [-0.25, -0.2) is 4.98 Å². The predicted molar refractivity (Wildman–Crippen MR) is 96.5 cm³/mol. The molecule has 4 rings (SSSR count). The van der Waals surface area contributed by atoms with Crippen LogP contribution < -0.4 is 5.32 Å². The minimum atomic E-state index is 0.197. The molecule has 7 heteroatoms. The average molecular weight is 340 g/mol. The van der Waals surface area contributed by atoms with Crippen LogP contribution in [-0.2, 0) is 6.42 Å². The first-order chi connectivity index (χ1) is 12.2. The maximum absolute atomic E-state index is 5.97. The number of rotatable bonds is 5. The van der Waals surface area contributed by atoms with Gasteiger partial charge in [-0.3, -0.25) is 5.10 Å². The summed E-state index contributed by atoms with van der Waals surface area (Å²) in [7, 11) is 0. The van der Waals surface area contributed by atoms with E-state index in [0.29, 0.717) is 17.8 Å². The molecule has 3 aromatic rings. The molecule has 3 heterocycles. The quantitative estimate of drug-likeness (QED) is 0.728. The highest BCUT2D eigenvalue weighted by molar-refractivity contribution is 5.97. The molecule has 0 aromatic carbocycles. The molecule has 1 fully saturated rings. The molecule has 1 aliphatic rings. The van der Waals surface area contributed by atoms with Gasteiger partial charge in [0.25, 0.3) is 5.89 Å². The number of aryl methyl sites for hydroxylation is 1. The van der Waals surface area contributed by atoms with Crippen molar-refractivity contribution in [3.05, 3.63) is 17.8 Å². The summed E-state index contributed by atoms with van der Waals surface area (Å²) in [5.41, 5.74) is 3.67. The molecular weight excluding hydrogens is 316 g/mol. The Morgan fingerprint density at radius 3 is 2.76 bits per heavy atom. The van der Waals surface area contributed by atoms with Crippen LogP contribution in [0.3, 0.4) is 0 Å². The summed E-state index contributed by atoms with van der Waals surface area (Å²) in [6, 6.07) is 0.469. The molecule has 0 spiro atoms. The van der Waals surface area contributed by atoms with Crippen LogP contribution in [0.2, 0.25) is 0 Å². The van der Waals surface area contributed by atoms with Crippen LogP contribution >= 0.6 is 0 Å². The molecule has 0 unspecified atom stereocenters. The predicted octanol–water partition coefficient (Wildman–Crippen LogP) is 4.05. The van der Waals surface area contributed by atoms with E-state index < -0.39 is 0 Å². The van der Waals surface area contributed by atoms with Crippen LogP contribution in [-0.4, -0.2) is 31.4 Å². The Labute approximate surface area is 146 Å². The Bertz CT molecular complexity index is 875. The summed E-state index contributed by atoms with van der Waals surface area (Å²) in [6.07, 6.45) is 7.51. The van der Waals surface area contributed by atoms with Crippen molar-refractivity contribution in [2.75, 3.05) is 5.32 Å². The van der Waals surface area contributed by atoms with E-state index in [1.54, 1.807) is 0 Å². The number of pyridine rings is 1. The first kappa shape index (κ1) is 16.1. The number of hydrogen-bond acceptors (Lipinski definition) is 6. The molecule has 7 nitrogen and oxygen atoms in total. The van der Waals surface area contributed by atoms with E-state index >= 15 is 0 Å². The number of fused-ring (bicyclic) bond motifs is 1. The lowest BCUT2D eigenvalue weighted by Crippen LogP contribution is -2.16. The fourth-order valence-electron chi connectivity index (χ4n) is 3.50. The molecule has 0 atom stereocenters. The number of hydrogen-bond donors (Lipinski definition) is 2. The van der Waals surface area contributed by atoms with Gasteiger partial charge in [0.2, 0.25) is 5.89 Å². The highest BCUT2D eigenvalue weighted by Crippen LogP contribution is 2.38. The molecule has 25 heavy (non-hydrogen) atoms. The topological polar surface area (TPSA) is 92.5 Å². The lowest BCUT2D eigenvalue weighted by atomic mass is 10.1. The van der Waals surface area contributed by atoms with Crippen molar-refractivity contribution >= 4 is 16.7 Å². The highest BCUT2D eigenvalue weighted by atomic mass is 16.4. The lowest BCUT2D eigenvalue weighted by Gasteiger charge is -2.18. The molecule has 0 saturated heterocycles. The zero-order chi connectivity index (χ0) is 17.4. The summed E-state index contributed by atoms with van der Waals surface area (Å²) in [4.78, 5) is 4.73. The van der Waals surface area contributed by atoms with Gasteiger partial charge in [-0.05, 0) is 19.3 Å². The van der Waals surface area contributed by atoms with Gasteiger partial charge in [0, 0.05) is 12.0 Å². The summed E-state index contributed by atoms with van der Waals surface area (Å²) < 4.78 is 5.97. The van der Waals surface area contributed by atoms with Crippen molar-refractivity contribution in [3.63, 3.8) is 0 Å². The minimum absolute atomic E-state index is 0.197. The maximum atomic E-state index is 5.97. The molecule has 0 radical (unpaired) electrons. The maximum Gasteiger partial charge on any atom is 0.251 e. The van der Waals surface area contributed by atoms with Gasteiger partial charge in [0.15, 0.2) is 5.65 Å². The van der Waals surface area contributed by atoms with Gasteiger partial charge in [-0.2, -0.15) is 5.10 Å². The molecule has 1 saturated carbocycles. The van der Waals surface area contributed by atoms with Crippen LogP contribution in [0.4, 0.5) is 5.69 Å². The second-order valence-electron chi connectivity index (χ2n) is 7.02. The second kappa shape index (κ2) is 6.46. The molecule has 0 aliphatic heterocycles. The van der Waals surface area contributed by atoms with Crippen molar-refractivity contribution in [1.29, 1.82) is 0 Å². The Morgan fingerprint density at radius 1 is 1.28 bits per heavy atom. The van der Waals surface area contributed by atoms with Crippen molar-refractivity contribution in [2.24, 2.45) is 0 Å². The Morgan fingerprint density at radius 2 is 2.08 bits per heavy atom. The Kier molecular flexibility index (Phi) is 4.15. The van der Waals surface area contributed by atoms with E-state index in [0.717, 1.165) is 34.4 Å². The van der Waals surface area contributed by atoms with Crippen LogP contribution in [0.5, 0.6) is 0 Å². The summed E-state index contributed by atoms with van der Waals surface area (Å²) in [5, 5.41) is 20.4. The Hall–Kier alpha value is -2.44. The van der Waals surface area contributed by atoms with Crippen molar-refractivity contribution in [1.82, 2.24) is 25.4 Å². The lowest BCUT2D eigenvalue weighted by molar-refractivity contribution is 0.480. The van der Waals surface area contributed by atoms with Crippen molar-refractivity contribution in [2.45, 2.75) is 64.8 Å². The van der Waals surface area contributed by atoms with Gasteiger partial charge in [0.05, 0.1) is 28.5 Å². The summed E-state index contributed by atoms with van der Waals surface area (Å²) >= 11 is 0. The fraction of sp³-hybridized carbons (Fsp3) is 0.556. The molecule has 0 amide bonds. The SMILES string of the molecule is CCc1nc2[nH]ncc2c(NC2CCCC2)c1-c1nnc(C(C)C)o1. The fourth-order valence-corrected chi connectivity index (χ4v) is 3.50. The van der Waals surface area contributed by atoms with Crippen LogP contribution in [0.1, 0.15) is 64.0 Å². The molecule has 1 aliphatic carbocycles. The number of anilines is 1. The van der Waals surface area contributed by atoms with Gasteiger partial charge in [0.1, 0.15) is 0 Å². The number of nitrogens with one attached hydrogen (secondary N) is 2. The highest BCUT2D eigenvalue weighted by Gasteiger charge is 2.25. The summed E-state index contributed by atoms with van der Waals surface area (Å²) in [6.45, 7) is 6.19. The van der Waals surface area contributed by atoms with Crippen LogP contribution in [0.25, 0.3) is 22.5 Å². The molecule has 0 bridgehead atoms.